The van der Waals surface area contributed by atoms with E-state index in [1.54, 1.807) is 30.3 Å². The van der Waals surface area contributed by atoms with E-state index in [0.717, 1.165) is 6.42 Å². The van der Waals surface area contributed by atoms with Gasteiger partial charge in [0.25, 0.3) is 0 Å². The third-order valence-electron chi connectivity index (χ3n) is 3.03. The molecule has 22 heavy (non-hydrogen) atoms. The zero-order chi connectivity index (χ0) is 16.4. The molecule has 0 unspecified atom stereocenters. The predicted octanol–water partition coefficient (Wildman–Crippen LogP) is 1.80. The van der Waals surface area contributed by atoms with Gasteiger partial charge in [0.05, 0.1) is 0 Å². The third-order valence-corrected chi connectivity index (χ3v) is 3.03. The van der Waals surface area contributed by atoms with Crippen molar-refractivity contribution in [2.24, 2.45) is 0 Å². The minimum atomic E-state index is -1.07. The Morgan fingerprint density at radius 1 is 1.14 bits per heavy atom. The zero-order valence-corrected chi connectivity index (χ0v) is 12.7. The molecule has 0 heterocycles. The molecule has 0 aromatic heterocycles. The molecule has 0 saturated heterocycles. The number of carboxylic acids is 1. The molecule has 120 valence electrons. The molecule has 0 saturated carbocycles. The Kier molecular flexibility index (Phi) is 7.67. The number of hydrogen-bond acceptors (Lipinski definition) is 3. The van der Waals surface area contributed by atoms with Crippen LogP contribution in [0, 0.1) is 0 Å². The first-order valence-corrected chi connectivity index (χ1v) is 7.38. The molecule has 2 amide bonds. The van der Waals surface area contributed by atoms with Crippen molar-refractivity contribution in [2.45, 2.75) is 32.6 Å². The number of aliphatic carboxylic acids is 1. The van der Waals surface area contributed by atoms with E-state index < -0.39 is 5.97 Å². The molecular weight excluding hydrogens is 284 g/mol. The molecule has 6 nitrogen and oxygen atoms in total. The molecule has 1 rings (SSSR count). The van der Waals surface area contributed by atoms with Crippen LogP contribution in [0.15, 0.2) is 30.3 Å². The first-order valence-electron chi connectivity index (χ1n) is 7.38. The fourth-order valence-electron chi connectivity index (χ4n) is 1.95. The number of nitrogens with one attached hydrogen (secondary N) is 1. The monoisotopic (exact) mass is 306 g/mol. The number of rotatable bonds is 9. The van der Waals surface area contributed by atoms with Crippen LogP contribution in [0.25, 0.3) is 0 Å². The highest BCUT2D eigenvalue weighted by Gasteiger charge is 2.18. The van der Waals surface area contributed by atoms with Crippen molar-refractivity contribution in [3.05, 3.63) is 30.3 Å². The molecule has 0 aliphatic carbocycles. The van der Waals surface area contributed by atoms with Gasteiger partial charge in [-0.25, -0.2) is 0 Å². The topological polar surface area (TPSA) is 86.7 Å². The molecule has 1 aromatic rings. The van der Waals surface area contributed by atoms with Crippen molar-refractivity contribution in [3.63, 3.8) is 0 Å². The lowest BCUT2D eigenvalue weighted by molar-refractivity contribution is -0.136. The summed E-state index contributed by atoms with van der Waals surface area (Å²) < 4.78 is 0. The largest absolute Gasteiger partial charge is 0.480 e. The van der Waals surface area contributed by atoms with Crippen LogP contribution in [0.2, 0.25) is 0 Å². The number of anilines is 1. The molecule has 2 N–H and O–H groups in total. The SMILES string of the molecule is CCCNC(=O)CCCC(=O)N(CC(=O)O)c1ccccc1. The summed E-state index contributed by atoms with van der Waals surface area (Å²) in [5.41, 5.74) is 0.547. The summed E-state index contributed by atoms with van der Waals surface area (Å²) in [5.74, 6) is -1.45. The van der Waals surface area contributed by atoms with E-state index in [-0.39, 0.29) is 31.2 Å². The van der Waals surface area contributed by atoms with E-state index in [9.17, 15) is 14.4 Å². The molecule has 1 aromatic carbocycles. The van der Waals surface area contributed by atoms with Crippen molar-refractivity contribution >= 4 is 23.5 Å². The molecule has 0 bridgehead atoms. The van der Waals surface area contributed by atoms with E-state index >= 15 is 0 Å². The van der Waals surface area contributed by atoms with Crippen LogP contribution in [0.4, 0.5) is 5.69 Å². The Labute approximate surface area is 130 Å². The van der Waals surface area contributed by atoms with Crippen LogP contribution >= 0.6 is 0 Å². The summed E-state index contributed by atoms with van der Waals surface area (Å²) in [6.45, 7) is 2.21. The molecule has 0 atom stereocenters. The highest BCUT2D eigenvalue weighted by Crippen LogP contribution is 2.15. The van der Waals surface area contributed by atoms with E-state index in [4.69, 9.17) is 5.11 Å². The number of nitrogens with zero attached hydrogens (tertiary/aromatic N) is 1. The first kappa shape index (κ1) is 17.7. The molecular formula is C16H22N2O4. The van der Waals surface area contributed by atoms with Crippen molar-refractivity contribution in [1.82, 2.24) is 5.32 Å². The smallest absolute Gasteiger partial charge is 0.323 e. The maximum atomic E-state index is 12.2. The lowest BCUT2D eigenvalue weighted by atomic mass is 10.2. The highest BCUT2D eigenvalue weighted by atomic mass is 16.4. The summed E-state index contributed by atoms with van der Waals surface area (Å²) in [5, 5.41) is 11.7. The third kappa shape index (κ3) is 6.39. The Morgan fingerprint density at radius 3 is 2.41 bits per heavy atom. The number of para-hydroxylation sites is 1. The number of carbonyl (C=O) groups is 3. The van der Waals surface area contributed by atoms with Crippen molar-refractivity contribution < 1.29 is 19.5 Å². The van der Waals surface area contributed by atoms with Crippen molar-refractivity contribution in [2.75, 3.05) is 18.0 Å². The quantitative estimate of drug-likeness (QED) is 0.728. The van der Waals surface area contributed by atoms with Crippen LogP contribution in [0.5, 0.6) is 0 Å². The van der Waals surface area contributed by atoms with Crippen LogP contribution in [-0.2, 0) is 14.4 Å². The second kappa shape index (κ2) is 9.55. The maximum Gasteiger partial charge on any atom is 0.323 e. The van der Waals surface area contributed by atoms with E-state index in [0.29, 0.717) is 18.7 Å². The zero-order valence-electron chi connectivity index (χ0n) is 12.7. The summed E-state index contributed by atoms with van der Waals surface area (Å²) in [4.78, 5) is 35.8. The average Bonchev–Trinajstić information content (AvgIpc) is 2.51. The van der Waals surface area contributed by atoms with Gasteiger partial charge in [-0.05, 0) is 25.0 Å². The standard InChI is InChI=1S/C16H22N2O4/c1-2-11-17-14(19)9-6-10-15(20)18(12-16(21)22)13-7-4-3-5-8-13/h3-5,7-8H,2,6,9-12H2,1H3,(H,17,19)(H,21,22). The summed E-state index contributed by atoms with van der Waals surface area (Å²) in [6, 6.07) is 8.67. The molecule has 0 spiro atoms. The van der Waals surface area contributed by atoms with Gasteiger partial charge in [0.15, 0.2) is 0 Å². The van der Waals surface area contributed by atoms with Gasteiger partial charge >= 0.3 is 5.97 Å². The molecule has 0 aliphatic heterocycles. The van der Waals surface area contributed by atoms with Crippen molar-refractivity contribution in [1.29, 1.82) is 0 Å². The Balaban J connectivity index is 2.54. The van der Waals surface area contributed by atoms with Gasteiger partial charge in [0, 0.05) is 25.1 Å². The average molecular weight is 306 g/mol. The normalized spacial score (nSPS) is 10.0. The van der Waals surface area contributed by atoms with Gasteiger partial charge < -0.3 is 15.3 Å². The number of carboxylic acid groups (broad SMARTS) is 1. The summed E-state index contributed by atoms with van der Waals surface area (Å²) in [6.07, 6.45) is 1.67. The van der Waals surface area contributed by atoms with Crippen molar-refractivity contribution in [3.8, 4) is 0 Å². The maximum absolute atomic E-state index is 12.2. The second-order valence-corrected chi connectivity index (χ2v) is 4.91. The predicted molar refractivity (Wildman–Crippen MR) is 83.6 cm³/mol. The van der Waals surface area contributed by atoms with Gasteiger partial charge in [-0.3, -0.25) is 14.4 Å². The van der Waals surface area contributed by atoms with Gasteiger partial charge in [0.2, 0.25) is 11.8 Å². The van der Waals surface area contributed by atoms with Crippen LogP contribution < -0.4 is 10.2 Å². The van der Waals surface area contributed by atoms with Crippen LogP contribution in [0.1, 0.15) is 32.6 Å². The first-order chi connectivity index (χ1) is 10.5. The number of carbonyl (C=O) groups excluding carboxylic acids is 2. The fourth-order valence-corrected chi connectivity index (χ4v) is 1.95. The lowest BCUT2D eigenvalue weighted by Gasteiger charge is -2.20. The van der Waals surface area contributed by atoms with Crippen LogP contribution in [0.3, 0.4) is 0 Å². The van der Waals surface area contributed by atoms with E-state index in [1.165, 1.54) is 4.90 Å². The number of amides is 2. The second-order valence-electron chi connectivity index (χ2n) is 4.91. The summed E-state index contributed by atoms with van der Waals surface area (Å²) >= 11 is 0. The Bertz CT molecular complexity index is 502. The molecule has 0 aliphatic rings. The van der Waals surface area contributed by atoms with Gasteiger partial charge in [0.1, 0.15) is 6.54 Å². The summed E-state index contributed by atoms with van der Waals surface area (Å²) in [7, 11) is 0. The van der Waals surface area contributed by atoms with Gasteiger partial charge in [-0.2, -0.15) is 0 Å². The number of benzene rings is 1. The molecule has 0 fully saturated rings. The van der Waals surface area contributed by atoms with E-state index in [1.807, 2.05) is 6.92 Å². The minimum Gasteiger partial charge on any atom is -0.480 e. The highest BCUT2D eigenvalue weighted by molar-refractivity contribution is 5.97. The van der Waals surface area contributed by atoms with E-state index in [2.05, 4.69) is 5.32 Å². The minimum absolute atomic E-state index is 0.0841. The Hall–Kier alpha value is -2.37. The fraction of sp³-hybridized carbons (Fsp3) is 0.438. The molecule has 0 radical (unpaired) electrons. The van der Waals surface area contributed by atoms with Crippen LogP contribution in [-0.4, -0.2) is 36.0 Å². The van der Waals surface area contributed by atoms with Gasteiger partial charge in [-0.1, -0.05) is 25.1 Å². The lowest BCUT2D eigenvalue weighted by Crippen LogP contribution is -2.35. The molecule has 6 heteroatoms. The van der Waals surface area contributed by atoms with Gasteiger partial charge in [-0.15, -0.1) is 0 Å². The number of hydrogen-bond donors (Lipinski definition) is 2. The Morgan fingerprint density at radius 2 is 1.82 bits per heavy atom.